The van der Waals surface area contributed by atoms with Crippen LogP contribution >= 0.6 is 0 Å². The van der Waals surface area contributed by atoms with Crippen molar-refractivity contribution in [2.75, 3.05) is 7.11 Å². The summed E-state index contributed by atoms with van der Waals surface area (Å²) in [5, 5.41) is 0. The molecule has 2 fully saturated rings. The van der Waals surface area contributed by atoms with E-state index >= 15 is 0 Å². The van der Waals surface area contributed by atoms with Gasteiger partial charge in [-0.3, -0.25) is 4.79 Å². The summed E-state index contributed by atoms with van der Waals surface area (Å²) in [7, 11) is 1.48. The standard InChI is InChI=1S/C14H22O3/c1-3-11-7-6-10-14(13(15)16-2)9-5-4-8-12(14)17-11/h3,11-12H,1,4-10H2,2H3/t11-,12-,14-/m0/s1. The minimum atomic E-state index is -0.384. The second-order valence-corrected chi connectivity index (χ2v) is 5.18. The summed E-state index contributed by atoms with van der Waals surface area (Å²) in [6, 6.07) is 0. The summed E-state index contributed by atoms with van der Waals surface area (Å²) in [5.74, 6) is -0.0769. The molecule has 0 aromatic heterocycles. The zero-order valence-electron chi connectivity index (χ0n) is 10.6. The van der Waals surface area contributed by atoms with Crippen LogP contribution < -0.4 is 0 Å². The maximum Gasteiger partial charge on any atom is 0.314 e. The van der Waals surface area contributed by atoms with E-state index in [0.29, 0.717) is 0 Å². The van der Waals surface area contributed by atoms with Crippen LogP contribution in [0.15, 0.2) is 12.7 Å². The van der Waals surface area contributed by atoms with Gasteiger partial charge < -0.3 is 9.47 Å². The molecule has 1 heterocycles. The summed E-state index contributed by atoms with van der Waals surface area (Å²) in [6.07, 6.45) is 9.01. The number of hydrogen-bond acceptors (Lipinski definition) is 3. The summed E-state index contributed by atoms with van der Waals surface area (Å²) < 4.78 is 11.1. The molecular weight excluding hydrogens is 216 g/mol. The molecule has 96 valence electrons. The van der Waals surface area contributed by atoms with E-state index in [2.05, 4.69) is 6.58 Å². The van der Waals surface area contributed by atoms with Crippen molar-refractivity contribution in [3.8, 4) is 0 Å². The van der Waals surface area contributed by atoms with Crippen LogP contribution in [0.3, 0.4) is 0 Å². The summed E-state index contributed by atoms with van der Waals surface area (Å²) in [4.78, 5) is 12.1. The number of hydrogen-bond donors (Lipinski definition) is 0. The normalized spacial score (nSPS) is 37.7. The average Bonchev–Trinajstić information content (AvgIpc) is 2.57. The van der Waals surface area contributed by atoms with E-state index in [1.165, 1.54) is 7.11 Å². The zero-order valence-corrected chi connectivity index (χ0v) is 10.6. The summed E-state index contributed by atoms with van der Waals surface area (Å²) in [5.41, 5.74) is -0.384. The monoisotopic (exact) mass is 238 g/mol. The van der Waals surface area contributed by atoms with Crippen LogP contribution in [0.2, 0.25) is 0 Å². The lowest BCUT2D eigenvalue weighted by Gasteiger charge is -2.40. The minimum Gasteiger partial charge on any atom is -0.469 e. The lowest BCUT2D eigenvalue weighted by atomic mass is 9.69. The van der Waals surface area contributed by atoms with Crippen molar-refractivity contribution in [3.05, 3.63) is 12.7 Å². The third-order valence-electron chi connectivity index (χ3n) is 4.26. The topological polar surface area (TPSA) is 35.5 Å². The predicted octanol–water partition coefficient (Wildman–Crippen LogP) is 2.84. The first-order chi connectivity index (χ1) is 8.23. The number of ether oxygens (including phenoxy) is 2. The molecule has 3 atom stereocenters. The van der Waals surface area contributed by atoms with Crippen LogP contribution in [0, 0.1) is 5.41 Å². The van der Waals surface area contributed by atoms with Crippen LogP contribution in [-0.4, -0.2) is 25.3 Å². The lowest BCUT2D eigenvalue weighted by molar-refractivity contribution is -0.169. The van der Waals surface area contributed by atoms with Crippen LogP contribution in [0.4, 0.5) is 0 Å². The van der Waals surface area contributed by atoms with Crippen LogP contribution in [0.5, 0.6) is 0 Å². The van der Waals surface area contributed by atoms with Crippen molar-refractivity contribution in [1.82, 2.24) is 0 Å². The van der Waals surface area contributed by atoms with E-state index < -0.39 is 0 Å². The zero-order chi connectivity index (χ0) is 12.3. The fourth-order valence-electron chi connectivity index (χ4n) is 3.30. The predicted molar refractivity (Wildman–Crippen MR) is 65.6 cm³/mol. The molecule has 1 saturated carbocycles. The highest BCUT2D eigenvalue weighted by Crippen LogP contribution is 2.46. The molecule has 3 nitrogen and oxygen atoms in total. The smallest absolute Gasteiger partial charge is 0.314 e. The number of fused-ring (bicyclic) bond motifs is 1. The Morgan fingerprint density at radius 2 is 2.12 bits per heavy atom. The van der Waals surface area contributed by atoms with E-state index in [1.807, 2.05) is 6.08 Å². The lowest BCUT2D eigenvalue weighted by Crippen LogP contribution is -2.46. The second kappa shape index (κ2) is 5.21. The molecule has 0 N–H and O–H groups in total. The second-order valence-electron chi connectivity index (χ2n) is 5.18. The quantitative estimate of drug-likeness (QED) is 0.548. The van der Waals surface area contributed by atoms with Crippen LogP contribution in [0.1, 0.15) is 44.9 Å². The molecule has 1 aliphatic heterocycles. The Balaban J connectivity index is 2.24. The first-order valence-electron chi connectivity index (χ1n) is 6.59. The molecule has 0 bridgehead atoms. The fourth-order valence-corrected chi connectivity index (χ4v) is 3.30. The number of methoxy groups -OCH3 is 1. The van der Waals surface area contributed by atoms with Crippen molar-refractivity contribution in [3.63, 3.8) is 0 Å². The van der Waals surface area contributed by atoms with Gasteiger partial charge in [0.15, 0.2) is 0 Å². The first-order valence-corrected chi connectivity index (χ1v) is 6.59. The Morgan fingerprint density at radius 1 is 1.35 bits per heavy atom. The van der Waals surface area contributed by atoms with Crippen molar-refractivity contribution < 1.29 is 14.3 Å². The van der Waals surface area contributed by atoms with Gasteiger partial charge in [0.25, 0.3) is 0 Å². The third-order valence-corrected chi connectivity index (χ3v) is 4.26. The molecule has 2 aliphatic rings. The number of carbonyl (C=O) groups excluding carboxylic acids is 1. The molecular formula is C14H22O3. The molecule has 1 aliphatic carbocycles. The number of rotatable bonds is 2. The molecule has 2 rings (SSSR count). The Labute approximate surface area is 103 Å². The molecule has 0 amide bonds. The molecule has 17 heavy (non-hydrogen) atoms. The minimum absolute atomic E-state index is 0.0224. The van der Waals surface area contributed by atoms with Crippen LogP contribution in [0.25, 0.3) is 0 Å². The maximum absolute atomic E-state index is 12.1. The van der Waals surface area contributed by atoms with E-state index in [9.17, 15) is 4.79 Å². The highest BCUT2D eigenvalue weighted by atomic mass is 16.5. The maximum atomic E-state index is 12.1. The first kappa shape index (κ1) is 12.6. The summed E-state index contributed by atoms with van der Waals surface area (Å²) in [6.45, 7) is 3.81. The van der Waals surface area contributed by atoms with Gasteiger partial charge in [0, 0.05) is 0 Å². The van der Waals surface area contributed by atoms with E-state index in [0.717, 1.165) is 44.9 Å². The van der Waals surface area contributed by atoms with Gasteiger partial charge >= 0.3 is 5.97 Å². The van der Waals surface area contributed by atoms with Gasteiger partial charge in [-0.15, -0.1) is 6.58 Å². The van der Waals surface area contributed by atoms with Gasteiger partial charge in [0.1, 0.15) is 0 Å². The molecule has 0 radical (unpaired) electrons. The highest BCUT2D eigenvalue weighted by Gasteiger charge is 2.50. The van der Waals surface area contributed by atoms with Crippen LogP contribution in [-0.2, 0) is 14.3 Å². The Hall–Kier alpha value is -0.830. The molecule has 1 saturated heterocycles. The summed E-state index contributed by atoms with van der Waals surface area (Å²) >= 11 is 0. The average molecular weight is 238 g/mol. The van der Waals surface area contributed by atoms with Gasteiger partial charge in [0.05, 0.1) is 24.7 Å². The SMILES string of the molecule is C=C[C@H]1CCC[C@@]2(C(=O)OC)CCCC[C@@H]2O1. The van der Waals surface area contributed by atoms with E-state index in [-0.39, 0.29) is 23.6 Å². The van der Waals surface area contributed by atoms with Gasteiger partial charge in [-0.05, 0) is 32.1 Å². The van der Waals surface area contributed by atoms with Gasteiger partial charge in [-0.25, -0.2) is 0 Å². The van der Waals surface area contributed by atoms with E-state index in [1.54, 1.807) is 0 Å². The van der Waals surface area contributed by atoms with Crippen molar-refractivity contribution in [2.24, 2.45) is 5.41 Å². The molecule has 3 heteroatoms. The Kier molecular flexibility index (Phi) is 3.87. The van der Waals surface area contributed by atoms with Crippen molar-refractivity contribution in [1.29, 1.82) is 0 Å². The van der Waals surface area contributed by atoms with Gasteiger partial charge in [0.2, 0.25) is 0 Å². The van der Waals surface area contributed by atoms with Gasteiger partial charge in [-0.1, -0.05) is 18.9 Å². The molecule has 0 spiro atoms. The van der Waals surface area contributed by atoms with Crippen molar-refractivity contribution >= 4 is 5.97 Å². The van der Waals surface area contributed by atoms with Gasteiger partial charge in [-0.2, -0.15) is 0 Å². The Morgan fingerprint density at radius 3 is 2.82 bits per heavy atom. The number of esters is 1. The fraction of sp³-hybridized carbons (Fsp3) is 0.786. The number of carbonyl (C=O) groups is 1. The third kappa shape index (κ3) is 2.25. The highest BCUT2D eigenvalue weighted by molar-refractivity contribution is 5.77. The molecule has 0 aromatic rings. The van der Waals surface area contributed by atoms with E-state index in [4.69, 9.17) is 9.47 Å². The van der Waals surface area contributed by atoms with Crippen molar-refractivity contribution in [2.45, 2.75) is 57.2 Å². The Bertz CT molecular complexity index is 300. The molecule has 0 unspecified atom stereocenters. The molecule has 0 aromatic carbocycles. The largest absolute Gasteiger partial charge is 0.469 e.